The van der Waals surface area contributed by atoms with E-state index in [0.717, 1.165) is 5.56 Å². The topological polar surface area (TPSA) is 113 Å². The van der Waals surface area contributed by atoms with Crippen molar-refractivity contribution in [3.8, 4) is 11.8 Å². The van der Waals surface area contributed by atoms with Gasteiger partial charge in [0.1, 0.15) is 17.5 Å². The molecule has 0 saturated heterocycles. The molecule has 2 heterocycles. The Bertz CT molecular complexity index is 1410. The molecule has 180 valence electrons. The largest absolute Gasteiger partial charge is 0.369 e. The van der Waals surface area contributed by atoms with Crippen molar-refractivity contribution in [2.45, 2.75) is 13.3 Å². The van der Waals surface area contributed by atoms with E-state index in [9.17, 15) is 14.9 Å². The number of anilines is 1. The van der Waals surface area contributed by atoms with Crippen LogP contribution >= 0.6 is 11.6 Å². The lowest BCUT2D eigenvalue weighted by Gasteiger charge is -2.11. The fourth-order valence-electron chi connectivity index (χ4n) is 3.55. The molecule has 0 fully saturated rings. The van der Waals surface area contributed by atoms with Gasteiger partial charge in [-0.25, -0.2) is 4.68 Å². The third-order valence-electron chi connectivity index (χ3n) is 5.45. The van der Waals surface area contributed by atoms with Crippen LogP contribution in [0.3, 0.4) is 0 Å². The number of carbonyl (C=O) groups is 2. The number of nitrogens with zero attached hydrogens (tertiary/aromatic N) is 4. The zero-order valence-electron chi connectivity index (χ0n) is 19.5. The van der Waals surface area contributed by atoms with Gasteiger partial charge in [-0.2, -0.15) is 10.4 Å². The summed E-state index contributed by atoms with van der Waals surface area (Å²) in [6.45, 7) is 2.78. The van der Waals surface area contributed by atoms with Gasteiger partial charge in [-0.05, 0) is 49.7 Å². The van der Waals surface area contributed by atoms with Crippen LogP contribution in [0.25, 0.3) is 5.69 Å². The lowest BCUT2D eigenvalue weighted by Crippen LogP contribution is -2.26. The zero-order chi connectivity index (χ0) is 25.5. The van der Waals surface area contributed by atoms with Crippen molar-refractivity contribution >= 4 is 29.1 Å². The standard InChI is InChI=1S/C27H23ClN6O2/c1-18-5-7-19(8-6-18)25(35)24-23(16-29)26(34(33-24)22-11-9-21(28)10-12-22)31-14-3-15-32-27(36)20-4-2-13-30-17-20/h2,4-13,17,31H,3,14-15H2,1H3,(H,32,36). The number of rotatable bonds is 9. The molecule has 4 aromatic rings. The molecule has 0 aliphatic heterocycles. The van der Waals surface area contributed by atoms with Crippen LogP contribution in [0.1, 0.15) is 44.0 Å². The van der Waals surface area contributed by atoms with E-state index in [1.807, 2.05) is 19.1 Å². The molecule has 2 N–H and O–H groups in total. The average molecular weight is 499 g/mol. The van der Waals surface area contributed by atoms with Crippen LogP contribution in [-0.2, 0) is 0 Å². The maximum Gasteiger partial charge on any atom is 0.252 e. The highest BCUT2D eigenvalue weighted by molar-refractivity contribution is 6.30. The van der Waals surface area contributed by atoms with E-state index in [1.165, 1.54) is 10.9 Å². The summed E-state index contributed by atoms with van der Waals surface area (Å²) in [7, 11) is 0. The first-order valence-corrected chi connectivity index (χ1v) is 11.7. The molecule has 0 radical (unpaired) electrons. The molecule has 8 nitrogen and oxygen atoms in total. The molecule has 0 atom stereocenters. The van der Waals surface area contributed by atoms with E-state index in [1.54, 1.807) is 54.7 Å². The molecule has 0 unspecified atom stereocenters. The van der Waals surface area contributed by atoms with Gasteiger partial charge in [0.15, 0.2) is 5.69 Å². The van der Waals surface area contributed by atoms with Gasteiger partial charge < -0.3 is 10.6 Å². The SMILES string of the molecule is Cc1ccc(C(=O)c2nn(-c3ccc(Cl)cc3)c(NCCCNC(=O)c3cccnc3)c2C#N)cc1. The molecule has 0 aliphatic rings. The fourth-order valence-corrected chi connectivity index (χ4v) is 3.68. The Morgan fingerprint density at radius 1 is 1.03 bits per heavy atom. The predicted octanol–water partition coefficient (Wildman–Crippen LogP) is 4.56. The second kappa shape index (κ2) is 11.3. The smallest absolute Gasteiger partial charge is 0.252 e. The van der Waals surface area contributed by atoms with Crippen molar-refractivity contribution in [1.29, 1.82) is 5.26 Å². The third kappa shape index (κ3) is 5.59. The van der Waals surface area contributed by atoms with Crippen LogP contribution in [-0.4, -0.2) is 39.5 Å². The first kappa shape index (κ1) is 24.6. The van der Waals surface area contributed by atoms with E-state index in [0.29, 0.717) is 47.2 Å². The first-order valence-electron chi connectivity index (χ1n) is 11.3. The number of pyridine rings is 1. The molecule has 36 heavy (non-hydrogen) atoms. The number of hydrogen-bond donors (Lipinski definition) is 2. The second-order valence-electron chi connectivity index (χ2n) is 8.05. The zero-order valence-corrected chi connectivity index (χ0v) is 20.3. The molecule has 0 aliphatic carbocycles. The molecule has 0 bridgehead atoms. The number of nitrogens with one attached hydrogen (secondary N) is 2. The summed E-state index contributed by atoms with van der Waals surface area (Å²) in [4.78, 5) is 29.4. The number of aromatic nitrogens is 3. The molecule has 2 aromatic heterocycles. The minimum atomic E-state index is -0.342. The number of carbonyl (C=O) groups excluding carboxylic acids is 2. The summed E-state index contributed by atoms with van der Waals surface area (Å²) < 4.78 is 1.53. The van der Waals surface area contributed by atoms with Gasteiger partial charge in [-0.1, -0.05) is 41.4 Å². The highest BCUT2D eigenvalue weighted by Crippen LogP contribution is 2.26. The van der Waals surface area contributed by atoms with Gasteiger partial charge in [0, 0.05) is 36.1 Å². The van der Waals surface area contributed by atoms with E-state index >= 15 is 0 Å². The van der Waals surface area contributed by atoms with Crippen LogP contribution in [0, 0.1) is 18.3 Å². The summed E-state index contributed by atoms with van der Waals surface area (Å²) in [5, 5.41) is 21.1. The van der Waals surface area contributed by atoms with Crippen molar-refractivity contribution in [3.63, 3.8) is 0 Å². The number of ketones is 1. The maximum atomic E-state index is 13.2. The van der Waals surface area contributed by atoms with E-state index in [-0.39, 0.29) is 22.9 Å². The quantitative estimate of drug-likeness (QED) is 0.258. The normalized spacial score (nSPS) is 10.5. The van der Waals surface area contributed by atoms with Crippen LogP contribution < -0.4 is 10.6 Å². The van der Waals surface area contributed by atoms with Crippen LogP contribution in [0.15, 0.2) is 73.1 Å². The molecular formula is C27H23ClN6O2. The van der Waals surface area contributed by atoms with E-state index in [4.69, 9.17) is 11.6 Å². The van der Waals surface area contributed by atoms with Crippen molar-refractivity contribution < 1.29 is 9.59 Å². The summed E-state index contributed by atoms with van der Waals surface area (Å²) in [6.07, 6.45) is 3.68. The Hall–Kier alpha value is -4.48. The van der Waals surface area contributed by atoms with E-state index in [2.05, 4.69) is 26.8 Å². The number of amides is 1. The molecule has 0 spiro atoms. The summed E-state index contributed by atoms with van der Waals surface area (Å²) in [6, 6.07) is 19.6. The summed E-state index contributed by atoms with van der Waals surface area (Å²) >= 11 is 6.04. The number of nitriles is 1. The maximum absolute atomic E-state index is 13.2. The van der Waals surface area contributed by atoms with Crippen molar-refractivity contribution in [2.75, 3.05) is 18.4 Å². The van der Waals surface area contributed by atoms with Crippen molar-refractivity contribution in [3.05, 3.63) is 106 Å². The minimum Gasteiger partial charge on any atom is -0.369 e. The van der Waals surface area contributed by atoms with Gasteiger partial charge in [-0.15, -0.1) is 0 Å². The number of benzene rings is 2. The molecule has 0 saturated carbocycles. The molecule has 9 heteroatoms. The predicted molar refractivity (Wildman–Crippen MR) is 138 cm³/mol. The Morgan fingerprint density at radius 3 is 2.44 bits per heavy atom. The summed E-state index contributed by atoms with van der Waals surface area (Å²) in [5.41, 5.74) is 2.81. The van der Waals surface area contributed by atoms with Crippen molar-refractivity contribution in [1.82, 2.24) is 20.1 Å². The highest BCUT2D eigenvalue weighted by Gasteiger charge is 2.25. The average Bonchev–Trinajstić information content (AvgIpc) is 3.27. The van der Waals surface area contributed by atoms with Gasteiger partial charge in [0.25, 0.3) is 5.91 Å². The highest BCUT2D eigenvalue weighted by atomic mass is 35.5. The Labute approximate surface area is 213 Å². The number of halogens is 1. The molecule has 4 rings (SSSR count). The van der Waals surface area contributed by atoms with Gasteiger partial charge in [-0.3, -0.25) is 14.6 Å². The van der Waals surface area contributed by atoms with Gasteiger partial charge >= 0.3 is 0 Å². The lowest BCUT2D eigenvalue weighted by molar-refractivity contribution is 0.0952. The minimum absolute atomic E-state index is 0.0590. The van der Waals surface area contributed by atoms with Crippen LogP contribution in [0.5, 0.6) is 0 Å². The molecular weight excluding hydrogens is 476 g/mol. The lowest BCUT2D eigenvalue weighted by atomic mass is 10.0. The van der Waals surface area contributed by atoms with Crippen LogP contribution in [0.4, 0.5) is 5.82 Å². The molecule has 1 amide bonds. The Balaban J connectivity index is 1.55. The fraction of sp³-hybridized carbons (Fsp3) is 0.148. The Morgan fingerprint density at radius 2 is 1.78 bits per heavy atom. The van der Waals surface area contributed by atoms with Gasteiger partial charge in [0.2, 0.25) is 5.78 Å². The monoisotopic (exact) mass is 498 g/mol. The van der Waals surface area contributed by atoms with E-state index < -0.39 is 0 Å². The Kier molecular flexibility index (Phi) is 7.73. The van der Waals surface area contributed by atoms with Gasteiger partial charge in [0.05, 0.1) is 11.3 Å². The third-order valence-corrected chi connectivity index (χ3v) is 5.70. The second-order valence-corrected chi connectivity index (χ2v) is 8.48. The molecule has 2 aromatic carbocycles. The number of hydrogen-bond acceptors (Lipinski definition) is 6. The first-order chi connectivity index (χ1) is 17.5. The number of aryl methyl sites for hydroxylation is 1. The summed E-state index contributed by atoms with van der Waals surface area (Å²) in [5.74, 6) is -0.155. The van der Waals surface area contributed by atoms with Crippen LogP contribution in [0.2, 0.25) is 5.02 Å². The van der Waals surface area contributed by atoms with Crippen molar-refractivity contribution in [2.24, 2.45) is 0 Å².